The zero-order valence-corrected chi connectivity index (χ0v) is 14.7. The van der Waals surface area contributed by atoms with Crippen molar-refractivity contribution in [2.45, 2.75) is 24.3 Å². The summed E-state index contributed by atoms with van der Waals surface area (Å²) in [5, 5.41) is 0.389. The van der Waals surface area contributed by atoms with Crippen molar-refractivity contribution < 1.29 is 17.9 Å². The number of para-hydroxylation sites is 1. The number of rotatable bonds is 6. The van der Waals surface area contributed by atoms with E-state index in [1.54, 1.807) is 18.2 Å². The molecule has 1 aromatic heterocycles. The molecule has 0 amide bonds. The molecule has 7 heteroatoms. The highest BCUT2D eigenvalue weighted by atomic mass is 32.2. The topological polar surface area (TPSA) is 35.0 Å². The van der Waals surface area contributed by atoms with Gasteiger partial charge < -0.3 is 4.74 Å². The number of benzene rings is 2. The zero-order valence-electron chi connectivity index (χ0n) is 13.9. The van der Waals surface area contributed by atoms with Crippen LogP contribution in [-0.4, -0.2) is 9.97 Å². The molecule has 134 valence electrons. The van der Waals surface area contributed by atoms with Gasteiger partial charge in [0.05, 0.1) is 0 Å². The molecule has 3 rings (SSSR count). The molecular weight excluding hydrogens is 361 g/mol. The number of ether oxygens (including phenoxy) is 1. The molecule has 1 heterocycles. The van der Waals surface area contributed by atoms with Crippen LogP contribution in [0.15, 0.2) is 53.7 Å². The molecule has 0 aliphatic heterocycles. The normalized spacial score (nSPS) is 10.8. The number of aromatic nitrogens is 2. The van der Waals surface area contributed by atoms with Crippen LogP contribution in [-0.2, 0) is 12.2 Å². The van der Waals surface area contributed by atoms with E-state index in [2.05, 4.69) is 9.97 Å². The molecule has 0 fully saturated rings. The summed E-state index contributed by atoms with van der Waals surface area (Å²) in [6.07, 6.45) is 0.637. The van der Waals surface area contributed by atoms with Crippen molar-refractivity contribution >= 4 is 11.8 Å². The Balaban J connectivity index is 1.80. The second kappa shape index (κ2) is 8.23. The van der Waals surface area contributed by atoms with Gasteiger partial charge in [-0.25, -0.2) is 18.2 Å². The summed E-state index contributed by atoms with van der Waals surface area (Å²) in [7, 11) is 0. The molecule has 3 nitrogen and oxygen atoms in total. The van der Waals surface area contributed by atoms with Gasteiger partial charge in [0.1, 0.15) is 11.6 Å². The fourth-order valence-electron chi connectivity index (χ4n) is 2.23. The van der Waals surface area contributed by atoms with Gasteiger partial charge >= 0.3 is 0 Å². The van der Waals surface area contributed by atoms with Crippen LogP contribution in [0.2, 0.25) is 0 Å². The van der Waals surface area contributed by atoms with Gasteiger partial charge in [-0.3, -0.25) is 0 Å². The first-order valence-electron chi connectivity index (χ1n) is 7.91. The summed E-state index contributed by atoms with van der Waals surface area (Å²) in [4.78, 5) is 8.62. The first kappa shape index (κ1) is 18.3. The summed E-state index contributed by atoms with van der Waals surface area (Å²) in [5.41, 5.74) is 1.20. The van der Waals surface area contributed by atoms with Gasteiger partial charge in [-0.2, -0.15) is 4.98 Å². The van der Waals surface area contributed by atoms with Crippen LogP contribution in [0.4, 0.5) is 13.2 Å². The van der Waals surface area contributed by atoms with Gasteiger partial charge in [0, 0.05) is 23.6 Å². The number of hydrogen-bond acceptors (Lipinski definition) is 4. The van der Waals surface area contributed by atoms with Gasteiger partial charge in [-0.05, 0) is 36.2 Å². The maximum absolute atomic E-state index is 13.8. The quantitative estimate of drug-likeness (QED) is 0.418. The maximum Gasteiger partial charge on any atom is 0.223 e. The smallest absolute Gasteiger partial charge is 0.223 e. The summed E-state index contributed by atoms with van der Waals surface area (Å²) in [6, 6.07) is 11.0. The lowest BCUT2D eigenvalue weighted by Crippen LogP contribution is -1.98. The third-order valence-electron chi connectivity index (χ3n) is 3.44. The molecule has 26 heavy (non-hydrogen) atoms. The van der Waals surface area contributed by atoms with E-state index in [0.29, 0.717) is 22.9 Å². The molecule has 0 aliphatic carbocycles. The Labute approximate surface area is 153 Å². The van der Waals surface area contributed by atoms with Crippen LogP contribution in [0.3, 0.4) is 0 Å². The maximum atomic E-state index is 13.8. The second-order valence-corrected chi connectivity index (χ2v) is 6.38. The highest BCUT2D eigenvalue weighted by Gasteiger charge is 2.10. The Hall–Kier alpha value is -2.54. The van der Waals surface area contributed by atoms with Crippen molar-refractivity contribution in [2.24, 2.45) is 0 Å². The lowest BCUT2D eigenvalue weighted by Gasteiger charge is -2.09. The lowest BCUT2D eigenvalue weighted by molar-refractivity contribution is 0.421. The van der Waals surface area contributed by atoms with Crippen LogP contribution in [0.1, 0.15) is 18.2 Å². The average Bonchev–Trinajstić information content (AvgIpc) is 2.61. The summed E-state index contributed by atoms with van der Waals surface area (Å²) >= 11 is 1.22. The van der Waals surface area contributed by atoms with Crippen LogP contribution in [0.25, 0.3) is 0 Å². The lowest BCUT2D eigenvalue weighted by atomic mass is 10.2. The number of halogens is 3. The monoisotopic (exact) mass is 376 g/mol. The SMILES string of the molecule is CCc1cc(Oc2ccccc2F)nc(SCc2cc(F)cc(F)c2)n1. The summed E-state index contributed by atoms with van der Waals surface area (Å²) in [6.45, 7) is 1.92. The number of thioether (sulfide) groups is 1. The minimum Gasteiger partial charge on any atom is -0.436 e. The van der Waals surface area contributed by atoms with E-state index < -0.39 is 17.5 Å². The predicted octanol–water partition coefficient (Wildman–Crippen LogP) is 5.54. The molecule has 0 radical (unpaired) electrons. The fraction of sp³-hybridized carbons (Fsp3) is 0.158. The number of aryl methyl sites for hydroxylation is 1. The third kappa shape index (κ3) is 4.76. The Morgan fingerprint density at radius 2 is 1.69 bits per heavy atom. The summed E-state index contributed by atoms with van der Waals surface area (Å²) < 4.78 is 45.8. The Morgan fingerprint density at radius 1 is 0.962 bits per heavy atom. The van der Waals surface area contributed by atoms with Crippen molar-refractivity contribution in [3.63, 3.8) is 0 Å². The van der Waals surface area contributed by atoms with Gasteiger partial charge in [-0.15, -0.1) is 0 Å². The van der Waals surface area contributed by atoms with Crippen LogP contribution >= 0.6 is 11.8 Å². The van der Waals surface area contributed by atoms with E-state index in [9.17, 15) is 13.2 Å². The number of nitrogens with zero attached hydrogens (tertiary/aromatic N) is 2. The largest absolute Gasteiger partial charge is 0.436 e. The van der Waals surface area contributed by atoms with E-state index in [0.717, 1.165) is 11.8 Å². The Morgan fingerprint density at radius 3 is 2.38 bits per heavy atom. The highest BCUT2D eigenvalue weighted by molar-refractivity contribution is 7.98. The standard InChI is InChI=1S/C19H15F3N2OS/c1-2-15-10-18(25-17-6-4-3-5-16(17)22)24-19(23-15)26-11-12-7-13(20)9-14(21)8-12/h3-10H,2,11H2,1H3. The van der Waals surface area contributed by atoms with E-state index in [1.165, 1.54) is 36.0 Å². The minimum atomic E-state index is -0.632. The molecule has 0 bridgehead atoms. The van der Waals surface area contributed by atoms with E-state index in [-0.39, 0.29) is 11.6 Å². The molecule has 3 aromatic rings. The van der Waals surface area contributed by atoms with Crippen molar-refractivity contribution in [1.29, 1.82) is 0 Å². The van der Waals surface area contributed by atoms with Gasteiger partial charge in [0.2, 0.25) is 5.88 Å². The third-order valence-corrected chi connectivity index (χ3v) is 4.36. The van der Waals surface area contributed by atoms with Crippen LogP contribution in [0, 0.1) is 17.5 Å². The van der Waals surface area contributed by atoms with Crippen molar-refractivity contribution in [1.82, 2.24) is 9.97 Å². The van der Waals surface area contributed by atoms with E-state index in [1.807, 2.05) is 6.92 Å². The average molecular weight is 376 g/mol. The summed E-state index contributed by atoms with van der Waals surface area (Å²) in [5.74, 6) is -1.18. The molecule has 0 spiro atoms. The zero-order chi connectivity index (χ0) is 18.5. The van der Waals surface area contributed by atoms with Gasteiger partial charge in [0.15, 0.2) is 16.7 Å². The number of hydrogen-bond donors (Lipinski definition) is 0. The molecule has 0 N–H and O–H groups in total. The first-order valence-corrected chi connectivity index (χ1v) is 8.90. The van der Waals surface area contributed by atoms with Gasteiger partial charge in [-0.1, -0.05) is 30.8 Å². The van der Waals surface area contributed by atoms with Crippen molar-refractivity contribution in [3.8, 4) is 11.6 Å². The molecule has 0 saturated carbocycles. The fourth-order valence-corrected chi connectivity index (χ4v) is 3.03. The Bertz CT molecular complexity index is 901. The predicted molar refractivity (Wildman–Crippen MR) is 93.8 cm³/mol. The van der Waals surface area contributed by atoms with E-state index in [4.69, 9.17) is 4.74 Å². The molecule has 2 aromatic carbocycles. The molecule has 0 aliphatic rings. The van der Waals surface area contributed by atoms with Crippen LogP contribution < -0.4 is 4.74 Å². The molecular formula is C19H15F3N2OS. The van der Waals surface area contributed by atoms with Crippen molar-refractivity contribution in [2.75, 3.05) is 0 Å². The second-order valence-electron chi connectivity index (χ2n) is 5.43. The molecule has 0 atom stereocenters. The van der Waals surface area contributed by atoms with E-state index >= 15 is 0 Å². The highest BCUT2D eigenvalue weighted by Crippen LogP contribution is 2.27. The first-order chi connectivity index (χ1) is 12.5. The Kier molecular flexibility index (Phi) is 5.78. The molecule has 0 unspecified atom stereocenters. The minimum absolute atomic E-state index is 0.0661. The van der Waals surface area contributed by atoms with Gasteiger partial charge in [0.25, 0.3) is 0 Å². The van der Waals surface area contributed by atoms with Crippen LogP contribution in [0.5, 0.6) is 11.6 Å². The van der Waals surface area contributed by atoms with Crippen molar-refractivity contribution in [3.05, 3.63) is 77.2 Å². The molecule has 0 saturated heterocycles.